The summed E-state index contributed by atoms with van der Waals surface area (Å²) in [6, 6.07) is 11.1. The highest BCUT2D eigenvalue weighted by atomic mass is 35.5. The SMILES string of the molecule is COC(=O)CCc1nnc(CC2SC(c3cccc(OC)c3OC)c3cc(Cl)ccc3NC2=O)s1. The number of nitrogens with zero attached hydrogens (tertiary/aromatic N) is 2. The van der Waals surface area contributed by atoms with E-state index in [-0.39, 0.29) is 23.5 Å². The number of halogens is 1. The van der Waals surface area contributed by atoms with Crippen LogP contribution in [0.25, 0.3) is 0 Å². The number of benzene rings is 2. The maximum atomic E-state index is 13.3. The maximum absolute atomic E-state index is 13.3. The van der Waals surface area contributed by atoms with Crippen molar-refractivity contribution in [2.24, 2.45) is 0 Å². The van der Waals surface area contributed by atoms with E-state index in [0.717, 1.165) is 21.1 Å². The van der Waals surface area contributed by atoms with Gasteiger partial charge in [-0.25, -0.2) is 0 Å². The molecule has 0 saturated carbocycles. The van der Waals surface area contributed by atoms with Gasteiger partial charge in [0.15, 0.2) is 11.5 Å². The number of methoxy groups -OCH3 is 3. The molecule has 1 aliphatic rings. The van der Waals surface area contributed by atoms with Crippen molar-refractivity contribution in [2.45, 2.75) is 29.8 Å². The van der Waals surface area contributed by atoms with Gasteiger partial charge in [0.2, 0.25) is 5.91 Å². The minimum absolute atomic E-state index is 0.130. The molecule has 3 aromatic rings. The second-order valence-corrected chi connectivity index (χ2v) is 10.6. The molecule has 0 spiro atoms. The summed E-state index contributed by atoms with van der Waals surface area (Å²) >= 11 is 9.25. The summed E-state index contributed by atoms with van der Waals surface area (Å²) in [5.41, 5.74) is 2.44. The predicted octanol–water partition coefficient (Wildman–Crippen LogP) is 4.70. The van der Waals surface area contributed by atoms with Crippen LogP contribution in [0.1, 0.15) is 32.8 Å². The number of hydrogen-bond acceptors (Lipinski definition) is 9. The molecule has 11 heteroatoms. The van der Waals surface area contributed by atoms with Crippen LogP contribution in [-0.2, 0) is 27.2 Å². The highest BCUT2D eigenvalue weighted by Crippen LogP contribution is 2.50. The van der Waals surface area contributed by atoms with Gasteiger partial charge in [-0.3, -0.25) is 9.59 Å². The van der Waals surface area contributed by atoms with Crippen LogP contribution in [0.2, 0.25) is 5.02 Å². The first kappa shape index (κ1) is 25.3. The van der Waals surface area contributed by atoms with Crippen LogP contribution in [0, 0.1) is 0 Å². The number of aromatic nitrogens is 2. The third kappa shape index (κ3) is 5.71. The Morgan fingerprint density at radius 2 is 1.89 bits per heavy atom. The summed E-state index contributed by atoms with van der Waals surface area (Å²) < 4.78 is 15.9. The lowest BCUT2D eigenvalue weighted by Crippen LogP contribution is -2.26. The average molecular weight is 534 g/mol. The van der Waals surface area contributed by atoms with Crippen molar-refractivity contribution in [1.29, 1.82) is 0 Å². The van der Waals surface area contributed by atoms with Gasteiger partial charge in [-0.2, -0.15) is 0 Å². The van der Waals surface area contributed by atoms with E-state index in [1.54, 1.807) is 20.3 Å². The summed E-state index contributed by atoms with van der Waals surface area (Å²) in [6.07, 6.45) is 1.07. The molecule has 1 aliphatic heterocycles. The number of fused-ring (bicyclic) bond motifs is 1. The molecule has 0 bridgehead atoms. The molecule has 35 heavy (non-hydrogen) atoms. The van der Waals surface area contributed by atoms with Crippen molar-refractivity contribution < 1.29 is 23.8 Å². The van der Waals surface area contributed by atoms with Crippen molar-refractivity contribution in [2.75, 3.05) is 26.6 Å². The number of ether oxygens (including phenoxy) is 3. The van der Waals surface area contributed by atoms with Gasteiger partial charge < -0.3 is 19.5 Å². The van der Waals surface area contributed by atoms with Gasteiger partial charge in [-0.15, -0.1) is 33.3 Å². The van der Waals surface area contributed by atoms with Gasteiger partial charge in [0.1, 0.15) is 10.0 Å². The minimum Gasteiger partial charge on any atom is -0.493 e. The van der Waals surface area contributed by atoms with Gasteiger partial charge >= 0.3 is 5.97 Å². The molecule has 0 saturated heterocycles. The Labute approximate surface area is 216 Å². The van der Waals surface area contributed by atoms with Gasteiger partial charge in [-0.1, -0.05) is 23.7 Å². The summed E-state index contributed by atoms with van der Waals surface area (Å²) in [5, 5.41) is 12.8. The highest BCUT2D eigenvalue weighted by molar-refractivity contribution is 8.01. The molecule has 1 aromatic heterocycles. The van der Waals surface area contributed by atoms with Crippen LogP contribution in [-0.4, -0.2) is 48.7 Å². The number of rotatable bonds is 8. The van der Waals surface area contributed by atoms with Gasteiger partial charge in [0.05, 0.1) is 38.3 Å². The number of amides is 1. The smallest absolute Gasteiger partial charge is 0.305 e. The van der Waals surface area contributed by atoms with Crippen LogP contribution in [0.15, 0.2) is 36.4 Å². The topological polar surface area (TPSA) is 99.6 Å². The Morgan fingerprint density at radius 3 is 2.63 bits per heavy atom. The largest absolute Gasteiger partial charge is 0.493 e. The molecule has 0 aliphatic carbocycles. The van der Waals surface area contributed by atoms with Crippen molar-refractivity contribution >= 4 is 52.3 Å². The standard InChI is InChI=1S/C24H24ClN3O5S2/c1-31-17-6-4-5-14(22(17)33-3)23-15-11-13(25)7-8-16(15)26-24(30)18(34-23)12-20-28-27-19(35-20)9-10-21(29)32-2/h4-8,11,18,23H,9-10,12H2,1-3H3,(H,26,30). The molecule has 0 fully saturated rings. The maximum Gasteiger partial charge on any atom is 0.305 e. The molecule has 8 nitrogen and oxygen atoms in total. The van der Waals surface area contributed by atoms with Gasteiger partial charge in [0.25, 0.3) is 0 Å². The molecule has 4 rings (SSSR count). The van der Waals surface area contributed by atoms with Crippen molar-refractivity contribution in [3.63, 3.8) is 0 Å². The Bertz CT molecular complexity index is 1240. The average Bonchev–Trinajstić information content (AvgIpc) is 3.27. The molecule has 2 heterocycles. The fourth-order valence-electron chi connectivity index (χ4n) is 3.82. The van der Waals surface area contributed by atoms with E-state index in [9.17, 15) is 9.59 Å². The second-order valence-electron chi connectivity index (χ2n) is 7.68. The first-order valence-electron chi connectivity index (χ1n) is 10.8. The minimum atomic E-state index is -0.455. The molecule has 184 valence electrons. The molecule has 2 atom stereocenters. The van der Waals surface area contributed by atoms with Gasteiger partial charge in [0, 0.05) is 29.1 Å². The van der Waals surface area contributed by atoms with E-state index in [0.29, 0.717) is 35.1 Å². The Morgan fingerprint density at radius 1 is 1.09 bits per heavy atom. The van der Waals surface area contributed by atoms with E-state index >= 15 is 0 Å². The first-order valence-corrected chi connectivity index (χ1v) is 12.9. The summed E-state index contributed by atoms with van der Waals surface area (Å²) in [5.74, 6) is 0.780. The molecular weight excluding hydrogens is 510 g/mol. The Balaban J connectivity index is 1.67. The van der Waals surface area contributed by atoms with Crippen LogP contribution in [0.3, 0.4) is 0 Å². The number of carbonyl (C=O) groups is 2. The quantitative estimate of drug-likeness (QED) is 0.416. The second kappa shape index (κ2) is 11.3. The molecule has 2 unspecified atom stereocenters. The van der Waals surface area contributed by atoms with E-state index in [4.69, 9.17) is 21.1 Å². The van der Waals surface area contributed by atoms with Crippen LogP contribution >= 0.6 is 34.7 Å². The zero-order valence-corrected chi connectivity index (χ0v) is 21.8. The third-order valence-electron chi connectivity index (χ3n) is 5.50. The Kier molecular flexibility index (Phi) is 8.15. The van der Waals surface area contributed by atoms with E-state index in [1.165, 1.54) is 30.2 Å². The number of nitrogens with one attached hydrogen (secondary N) is 1. The molecule has 1 amide bonds. The number of anilines is 1. The molecule has 0 radical (unpaired) electrons. The molecule has 2 aromatic carbocycles. The monoisotopic (exact) mass is 533 g/mol. The highest BCUT2D eigenvalue weighted by Gasteiger charge is 2.34. The number of esters is 1. The summed E-state index contributed by atoms with van der Waals surface area (Å²) in [7, 11) is 4.54. The summed E-state index contributed by atoms with van der Waals surface area (Å²) in [4.78, 5) is 24.7. The molecule has 1 N–H and O–H groups in total. The lowest BCUT2D eigenvalue weighted by atomic mass is 10.0. The Hall–Kier alpha value is -2.82. The number of aryl methyl sites for hydroxylation is 1. The van der Waals surface area contributed by atoms with Gasteiger partial charge in [-0.05, 0) is 29.8 Å². The normalized spacial score (nSPS) is 17.2. The van der Waals surface area contributed by atoms with Crippen LogP contribution < -0.4 is 14.8 Å². The van der Waals surface area contributed by atoms with Crippen molar-refractivity contribution in [1.82, 2.24) is 10.2 Å². The number of para-hydroxylation sites is 1. The fraction of sp³-hybridized carbons (Fsp3) is 0.333. The third-order valence-corrected chi connectivity index (χ3v) is 8.23. The van der Waals surface area contributed by atoms with E-state index in [1.807, 2.05) is 30.3 Å². The number of hydrogen-bond donors (Lipinski definition) is 1. The number of thioether (sulfide) groups is 1. The number of carbonyl (C=O) groups excluding carboxylic acids is 2. The lowest BCUT2D eigenvalue weighted by molar-refractivity contribution is -0.140. The lowest BCUT2D eigenvalue weighted by Gasteiger charge is -2.23. The van der Waals surface area contributed by atoms with E-state index in [2.05, 4.69) is 20.3 Å². The fourth-order valence-corrected chi connectivity index (χ4v) is 6.43. The summed E-state index contributed by atoms with van der Waals surface area (Å²) in [6.45, 7) is 0. The molecular formula is C24H24ClN3O5S2. The van der Waals surface area contributed by atoms with E-state index < -0.39 is 5.25 Å². The van der Waals surface area contributed by atoms with Crippen LogP contribution in [0.5, 0.6) is 11.5 Å². The van der Waals surface area contributed by atoms with Crippen molar-refractivity contribution in [3.8, 4) is 11.5 Å². The first-order chi connectivity index (χ1) is 16.9. The zero-order valence-electron chi connectivity index (χ0n) is 19.4. The van der Waals surface area contributed by atoms with Crippen molar-refractivity contribution in [3.05, 3.63) is 62.6 Å². The predicted molar refractivity (Wildman–Crippen MR) is 137 cm³/mol. The zero-order chi connectivity index (χ0) is 24.9. The van der Waals surface area contributed by atoms with Crippen LogP contribution in [0.4, 0.5) is 5.69 Å².